The SMILES string of the molecule is CC(C)CNCc1cnc(-c2cccc(Br)c2)s1. The van der Waals surface area contributed by atoms with Gasteiger partial charge in [-0.2, -0.15) is 0 Å². The van der Waals surface area contributed by atoms with Gasteiger partial charge in [-0.15, -0.1) is 11.3 Å². The van der Waals surface area contributed by atoms with Crippen LogP contribution >= 0.6 is 27.3 Å². The van der Waals surface area contributed by atoms with E-state index in [0.717, 1.165) is 22.6 Å². The number of rotatable bonds is 5. The third-order valence-electron chi connectivity index (χ3n) is 2.48. The molecule has 0 aliphatic rings. The molecule has 4 heteroatoms. The van der Waals surface area contributed by atoms with E-state index in [0.29, 0.717) is 5.92 Å². The van der Waals surface area contributed by atoms with Crippen LogP contribution < -0.4 is 5.32 Å². The molecule has 0 atom stereocenters. The summed E-state index contributed by atoms with van der Waals surface area (Å²) >= 11 is 5.24. The summed E-state index contributed by atoms with van der Waals surface area (Å²) in [5, 5.41) is 4.52. The van der Waals surface area contributed by atoms with Gasteiger partial charge in [0.2, 0.25) is 0 Å². The highest BCUT2D eigenvalue weighted by Gasteiger charge is 2.05. The Labute approximate surface area is 121 Å². The van der Waals surface area contributed by atoms with Crippen LogP contribution in [0.1, 0.15) is 18.7 Å². The van der Waals surface area contributed by atoms with Crippen LogP contribution in [-0.4, -0.2) is 11.5 Å². The van der Waals surface area contributed by atoms with Gasteiger partial charge in [0.1, 0.15) is 5.01 Å². The first-order valence-electron chi connectivity index (χ1n) is 6.06. The lowest BCUT2D eigenvalue weighted by molar-refractivity contribution is 0.554. The van der Waals surface area contributed by atoms with Gasteiger partial charge in [-0.25, -0.2) is 4.98 Å². The number of aromatic nitrogens is 1. The van der Waals surface area contributed by atoms with E-state index in [9.17, 15) is 0 Å². The van der Waals surface area contributed by atoms with Crippen LogP contribution in [0, 0.1) is 5.92 Å². The van der Waals surface area contributed by atoms with E-state index in [1.54, 1.807) is 11.3 Å². The van der Waals surface area contributed by atoms with Gasteiger partial charge >= 0.3 is 0 Å². The number of nitrogens with zero attached hydrogens (tertiary/aromatic N) is 1. The molecule has 0 saturated heterocycles. The molecule has 2 nitrogen and oxygen atoms in total. The second kappa shape index (κ2) is 6.45. The normalized spacial score (nSPS) is 11.1. The highest BCUT2D eigenvalue weighted by atomic mass is 79.9. The summed E-state index contributed by atoms with van der Waals surface area (Å²) < 4.78 is 1.09. The number of hydrogen-bond donors (Lipinski definition) is 1. The van der Waals surface area contributed by atoms with Crippen LogP contribution in [0.4, 0.5) is 0 Å². The van der Waals surface area contributed by atoms with Crippen molar-refractivity contribution in [1.82, 2.24) is 10.3 Å². The zero-order valence-electron chi connectivity index (χ0n) is 10.6. The molecule has 2 aromatic rings. The quantitative estimate of drug-likeness (QED) is 0.886. The van der Waals surface area contributed by atoms with Crippen LogP contribution in [0.3, 0.4) is 0 Å². The Balaban J connectivity index is 2.02. The fourth-order valence-electron chi connectivity index (χ4n) is 1.63. The first-order valence-corrected chi connectivity index (χ1v) is 7.67. The Morgan fingerprint density at radius 2 is 2.22 bits per heavy atom. The van der Waals surface area contributed by atoms with Crippen molar-refractivity contribution in [2.45, 2.75) is 20.4 Å². The summed E-state index contributed by atoms with van der Waals surface area (Å²) in [5.74, 6) is 0.683. The van der Waals surface area contributed by atoms with Gasteiger partial charge in [-0.3, -0.25) is 0 Å². The summed E-state index contributed by atoms with van der Waals surface area (Å²) in [6.07, 6.45) is 1.97. The molecule has 1 heterocycles. The largest absolute Gasteiger partial charge is 0.312 e. The summed E-state index contributed by atoms with van der Waals surface area (Å²) in [5.41, 5.74) is 1.17. The average Bonchev–Trinajstić information content (AvgIpc) is 2.77. The van der Waals surface area contributed by atoms with Gasteiger partial charge in [0.25, 0.3) is 0 Å². The van der Waals surface area contributed by atoms with Crippen molar-refractivity contribution in [2.75, 3.05) is 6.54 Å². The van der Waals surface area contributed by atoms with E-state index in [2.05, 4.69) is 52.2 Å². The van der Waals surface area contributed by atoms with Crippen LogP contribution in [0.2, 0.25) is 0 Å². The fourth-order valence-corrected chi connectivity index (χ4v) is 2.91. The number of benzene rings is 1. The summed E-state index contributed by atoms with van der Waals surface area (Å²) in [6, 6.07) is 8.26. The molecule has 0 fully saturated rings. The first kappa shape index (κ1) is 13.7. The molecule has 0 radical (unpaired) electrons. The molecule has 1 aromatic carbocycles. The molecule has 96 valence electrons. The zero-order chi connectivity index (χ0) is 13.0. The van der Waals surface area contributed by atoms with Gasteiger partial charge < -0.3 is 5.32 Å². The maximum Gasteiger partial charge on any atom is 0.123 e. The van der Waals surface area contributed by atoms with Crippen molar-refractivity contribution in [3.63, 3.8) is 0 Å². The van der Waals surface area contributed by atoms with Crippen LogP contribution in [-0.2, 0) is 6.54 Å². The van der Waals surface area contributed by atoms with E-state index in [1.165, 1.54) is 10.4 Å². The monoisotopic (exact) mass is 324 g/mol. The maximum atomic E-state index is 4.48. The summed E-state index contributed by atoms with van der Waals surface area (Å²) in [7, 11) is 0. The van der Waals surface area contributed by atoms with Crippen molar-refractivity contribution in [1.29, 1.82) is 0 Å². The third kappa shape index (κ3) is 3.90. The molecule has 0 aliphatic heterocycles. The minimum absolute atomic E-state index is 0.683. The van der Waals surface area contributed by atoms with Crippen molar-refractivity contribution < 1.29 is 0 Å². The Morgan fingerprint density at radius 1 is 1.39 bits per heavy atom. The zero-order valence-corrected chi connectivity index (χ0v) is 13.0. The van der Waals surface area contributed by atoms with E-state index < -0.39 is 0 Å². The van der Waals surface area contributed by atoms with Gasteiger partial charge in [0.15, 0.2) is 0 Å². The van der Waals surface area contributed by atoms with Crippen molar-refractivity contribution in [3.05, 3.63) is 39.8 Å². The van der Waals surface area contributed by atoms with Gasteiger partial charge in [0.05, 0.1) is 0 Å². The van der Waals surface area contributed by atoms with Crippen LogP contribution in [0.15, 0.2) is 34.9 Å². The predicted molar refractivity (Wildman–Crippen MR) is 81.8 cm³/mol. The Hall–Kier alpha value is -0.710. The minimum Gasteiger partial charge on any atom is -0.312 e. The molecule has 0 saturated carbocycles. The van der Waals surface area contributed by atoms with Crippen molar-refractivity contribution >= 4 is 27.3 Å². The lowest BCUT2D eigenvalue weighted by Gasteiger charge is -2.04. The second-order valence-corrected chi connectivity index (χ2v) is 6.70. The smallest absolute Gasteiger partial charge is 0.123 e. The van der Waals surface area contributed by atoms with Gasteiger partial charge in [0, 0.05) is 27.7 Å². The van der Waals surface area contributed by atoms with E-state index in [-0.39, 0.29) is 0 Å². The topological polar surface area (TPSA) is 24.9 Å². The minimum atomic E-state index is 0.683. The van der Waals surface area contributed by atoms with Crippen molar-refractivity contribution in [3.8, 4) is 10.6 Å². The van der Waals surface area contributed by atoms with E-state index >= 15 is 0 Å². The van der Waals surface area contributed by atoms with E-state index in [4.69, 9.17) is 0 Å². The predicted octanol–water partition coefficient (Wildman–Crippen LogP) is 4.32. The molecular weight excluding hydrogens is 308 g/mol. The van der Waals surface area contributed by atoms with Crippen molar-refractivity contribution in [2.24, 2.45) is 5.92 Å². The Morgan fingerprint density at radius 3 is 2.94 bits per heavy atom. The highest BCUT2D eigenvalue weighted by Crippen LogP contribution is 2.27. The summed E-state index contributed by atoms with van der Waals surface area (Å²) in [6.45, 7) is 6.38. The second-order valence-electron chi connectivity index (χ2n) is 4.67. The lowest BCUT2D eigenvalue weighted by Crippen LogP contribution is -2.18. The molecule has 2 rings (SSSR count). The number of halogens is 1. The molecule has 1 aromatic heterocycles. The first-order chi connectivity index (χ1) is 8.65. The molecule has 0 aliphatic carbocycles. The maximum absolute atomic E-state index is 4.48. The average molecular weight is 325 g/mol. The molecule has 0 unspecified atom stereocenters. The summed E-state index contributed by atoms with van der Waals surface area (Å²) in [4.78, 5) is 5.77. The standard InChI is InChI=1S/C14H17BrN2S/c1-10(2)7-16-8-13-9-17-14(18-13)11-4-3-5-12(15)6-11/h3-6,9-10,16H,7-8H2,1-2H3. The molecule has 0 bridgehead atoms. The fraction of sp³-hybridized carbons (Fsp3) is 0.357. The molecule has 1 N–H and O–H groups in total. The van der Waals surface area contributed by atoms with E-state index in [1.807, 2.05) is 18.3 Å². The van der Waals surface area contributed by atoms with Gasteiger partial charge in [-0.05, 0) is 24.6 Å². The van der Waals surface area contributed by atoms with Crippen LogP contribution in [0.25, 0.3) is 10.6 Å². The third-order valence-corrected chi connectivity index (χ3v) is 4.02. The Kier molecular flexibility index (Phi) is 4.92. The molecule has 18 heavy (non-hydrogen) atoms. The molecule has 0 amide bonds. The number of hydrogen-bond acceptors (Lipinski definition) is 3. The highest BCUT2D eigenvalue weighted by molar-refractivity contribution is 9.10. The Bertz CT molecular complexity index is 508. The number of thiazole rings is 1. The molecular formula is C14H17BrN2S. The molecule has 0 spiro atoms. The van der Waals surface area contributed by atoms with Gasteiger partial charge in [-0.1, -0.05) is 41.9 Å². The van der Waals surface area contributed by atoms with Crippen LogP contribution in [0.5, 0.6) is 0 Å². The lowest BCUT2D eigenvalue weighted by atomic mass is 10.2. The number of nitrogens with one attached hydrogen (secondary N) is 1.